The van der Waals surface area contributed by atoms with Crippen molar-refractivity contribution in [3.63, 3.8) is 0 Å². The number of hydrogen-bond acceptors (Lipinski definition) is 3. The first-order chi connectivity index (χ1) is 1.00. The van der Waals surface area contributed by atoms with E-state index in [9.17, 15) is 0 Å². The molecule has 0 atom stereocenters. The van der Waals surface area contributed by atoms with Gasteiger partial charge in [-0.3, -0.25) is 0 Å². The molecule has 0 aromatic heterocycles. The monoisotopic (exact) mass is 315 g/mol. The summed E-state index contributed by atoms with van der Waals surface area (Å²) in [6.07, 6.45) is 3.06. The SMILES string of the molecule is [CH2-][SH2+].[Fe+2].[Fe].[Fe].[SH-].[SH-].[SH-]. The Morgan fingerprint density at radius 3 is 0.750 bits per heavy atom. The van der Waals surface area contributed by atoms with Crippen molar-refractivity contribution >= 4 is 53.1 Å². The van der Waals surface area contributed by atoms with Gasteiger partial charge in [0.25, 0.3) is 0 Å². The van der Waals surface area contributed by atoms with Crippen LogP contribution in [0.15, 0.2) is 0 Å². The van der Waals surface area contributed by atoms with E-state index in [1.807, 2.05) is 0 Å². The molecule has 0 saturated heterocycles. The van der Waals surface area contributed by atoms with Crippen molar-refractivity contribution in [1.82, 2.24) is 0 Å². The predicted molar refractivity (Wildman–Crippen MR) is 41.8 cm³/mol. The number of hydrogen-bond donors (Lipinski definition) is 0. The van der Waals surface area contributed by atoms with Crippen LogP contribution < -0.4 is 0 Å². The predicted octanol–water partition coefficient (Wildman–Crippen LogP) is -1.03. The molecule has 8 heavy (non-hydrogen) atoms. The van der Waals surface area contributed by atoms with Gasteiger partial charge in [-0.2, -0.15) is 0 Å². The fourth-order valence-electron chi connectivity index (χ4n) is 0. The molecular weight excluding hydrogens is 308 g/mol. The van der Waals surface area contributed by atoms with Gasteiger partial charge in [0.1, 0.15) is 0 Å². The Bertz CT molecular complexity index is 11.2. The van der Waals surface area contributed by atoms with Crippen LogP contribution in [0.4, 0.5) is 0 Å². The first-order valence-electron chi connectivity index (χ1n) is 0.354. The fourth-order valence-corrected chi connectivity index (χ4v) is 0. The van der Waals surface area contributed by atoms with Gasteiger partial charge in [-0.25, -0.2) is 12.6 Å². The van der Waals surface area contributed by atoms with E-state index in [-0.39, 0.29) is 91.7 Å². The molecule has 0 bridgehead atoms. The molecule has 0 nitrogen and oxygen atoms in total. The summed E-state index contributed by atoms with van der Waals surface area (Å²) < 4.78 is 0. The zero-order valence-corrected chi connectivity index (χ0v) is 10.6. The normalized spacial score (nSPS) is 0.750. The third-order valence-corrected chi connectivity index (χ3v) is 0. The fraction of sp³-hybridized carbons (Fsp3) is 0. The van der Waals surface area contributed by atoms with E-state index in [4.69, 9.17) is 0 Å². The zero-order chi connectivity index (χ0) is 2.00. The van der Waals surface area contributed by atoms with Crippen LogP contribution in [-0.2, 0) is 104 Å². The van der Waals surface area contributed by atoms with Gasteiger partial charge in [0.05, 0.1) is 0 Å². The van der Waals surface area contributed by atoms with Crippen molar-refractivity contribution in [3.05, 3.63) is 6.26 Å². The van der Waals surface area contributed by atoms with Gasteiger partial charge < -0.3 is 40.5 Å². The Kier molecular flexibility index (Phi) is 792. The van der Waals surface area contributed by atoms with Gasteiger partial charge >= 0.3 is 17.1 Å². The summed E-state index contributed by atoms with van der Waals surface area (Å²) in [5.41, 5.74) is 0. The topological polar surface area (TPSA) is 0 Å². The average molecular weight is 315 g/mol. The molecular formula is CH7Fe3S4-. The standard InChI is InChI=1S/CH4S.3Fe.3H2S/c1-2;;;;;;/h1-2H2;;;;3*1H2/q;;;+2;;;/p-3. The Balaban J connectivity index is -0.000000000333. The molecule has 0 unspecified atom stereocenters. The minimum Gasteiger partial charge on any atom is -0.813 e. The van der Waals surface area contributed by atoms with Crippen LogP contribution in [0.3, 0.4) is 0 Å². The van der Waals surface area contributed by atoms with Crippen molar-refractivity contribution in [2.45, 2.75) is 0 Å². The summed E-state index contributed by atoms with van der Waals surface area (Å²) in [4.78, 5) is 0. The number of rotatable bonds is 0. The molecule has 0 heterocycles. The van der Waals surface area contributed by atoms with Crippen LogP contribution in [0.1, 0.15) is 0 Å². The maximum atomic E-state index is 3.06. The van der Waals surface area contributed by atoms with E-state index in [1.54, 1.807) is 0 Å². The molecule has 0 aliphatic rings. The smallest absolute Gasteiger partial charge is 0.813 e. The molecule has 0 aromatic carbocycles. The van der Waals surface area contributed by atoms with E-state index in [2.05, 4.69) is 18.9 Å². The van der Waals surface area contributed by atoms with E-state index in [0.29, 0.717) is 0 Å². The van der Waals surface area contributed by atoms with Gasteiger partial charge in [0, 0.05) is 34.1 Å². The van der Waals surface area contributed by atoms with Gasteiger partial charge in [-0.1, -0.05) is 0 Å². The van der Waals surface area contributed by atoms with E-state index in [0.717, 1.165) is 0 Å². The van der Waals surface area contributed by atoms with Crippen molar-refractivity contribution in [2.75, 3.05) is 0 Å². The van der Waals surface area contributed by atoms with Gasteiger partial charge in [-0.15, -0.1) is 6.26 Å². The molecule has 0 radical (unpaired) electrons. The minimum atomic E-state index is 0. The summed E-state index contributed by atoms with van der Waals surface area (Å²) in [5.74, 6) is 0. The third kappa shape index (κ3) is 64.8. The van der Waals surface area contributed by atoms with Crippen molar-refractivity contribution in [3.8, 4) is 0 Å². The molecule has 0 aromatic rings. The Morgan fingerprint density at radius 1 is 0.750 bits per heavy atom. The van der Waals surface area contributed by atoms with Gasteiger partial charge in [0.15, 0.2) is 0 Å². The summed E-state index contributed by atoms with van der Waals surface area (Å²) in [6, 6.07) is 0. The van der Waals surface area contributed by atoms with Crippen molar-refractivity contribution in [1.29, 1.82) is 0 Å². The Labute approximate surface area is 109 Å². The van der Waals surface area contributed by atoms with Gasteiger partial charge in [-0.05, 0) is 0 Å². The van der Waals surface area contributed by atoms with Crippen molar-refractivity contribution < 1.29 is 51.2 Å². The van der Waals surface area contributed by atoms with Gasteiger partial charge in [0.2, 0.25) is 0 Å². The molecule has 0 spiro atoms. The van der Waals surface area contributed by atoms with Crippen LogP contribution in [0.2, 0.25) is 0 Å². The molecule has 60 valence electrons. The largest absolute Gasteiger partial charge is 2.00 e. The molecule has 0 rings (SSSR count). The quantitative estimate of drug-likeness (QED) is 0.185. The van der Waals surface area contributed by atoms with Crippen LogP contribution >= 0.6 is 0 Å². The summed E-state index contributed by atoms with van der Waals surface area (Å²) >= 11 is 2.72. The Hall–Kier alpha value is 2.96. The maximum Gasteiger partial charge on any atom is 2.00 e. The molecule has 0 N–H and O–H groups in total. The average Bonchev–Trinajstić information content (AvgIpc) is 1.00. The first-order valence-corrected chi connectivity index (χ1v) is 1.06. The summed E-state index contributed by atoms with van der Waals surface area (Å²) in [5, 5.41) is 0. The van der Waals surface area contributed by atoms with Crippen molar-refractivity contribution in [2.24, 2.45) is 0 Å². The van der Waals surface area contributed by atoms with Crippen LogP contribution in [0, 0.1) is 6.26 Å². The molecule has 0 saturated carbocycles. The van der Waals surface area contributed by atoms with E-state index in [1.165, 1.54) is 0 Å². The molecule has 7 heteroatoms. The van der Waals surface area contributed by atoms with Crippen LogP contribution in [0.25, 0.3) is 0 Å². The van der Waals surface area contributed by atoms with E-state index >= 15 is 0 Å². The maximum absolute atomic E-state index is 3.06. The molecule has 0 aliphatic carbocycles. The Morgan fingerprint density at radius 2 is 0.750 bits per heavy atom. The second-order valence-corrected chi connectivity index (χ2v) is 0. The summed E-state index contributed by atoms with van der Waals surface area (Å²) in [6.45, 7) is 0. The molecule has 0 aliphatic heterocycles. The molecule has 0 amide bonds. The zero-order valence-electron chi connectivity index (χ0n) is 3.61. The second-order valence-electron chi connectivity index (χ2n) is 0. The number of thiol groups is 3. The second kappa shape index (κ2) is 91.3. The third-order valence-electron chi connectivity index (χ3n) is 0. The molecule has 0 fully saturated rings. The van der Waals surface area contributed by atoms with E-state index < -0.39 is 0 Å². The first kappa shape index (κ1) is 69.4. The minimum absolute atomic E-state index is 0. The van der Waals surface area contributed by atoms with Crippen LogP contribution in [-0.4, -0.2) is 0 Å². The summed E-state index contributed by atoms with van der Waals surface area (Å²) in [7, 11) is 0. The van der Waals surface area contributed by atoms with Crippen LogP contribution in [0.5, 0.6) is 0 Å².